The number of hydrogen-bond acceptors (Lipinski definition) is 4. The lowest BCUT2D eigenvalue weighted by molar-refractivity contribution is -0.131. The van der Waals surface area contributed by atoms with E-state index in [2.05, 4.69) is 44.2 Å². The Labute approximate surface area is 249 Å². The predicted octanol–water partition coefficient (Wildman–Crippen LogP) is 10.8. The number of carbonyl (C=O) groups excluding carboxylic acids is 1. The third kappa shape index (κ3) is 8.89. The van der Waals surface area contributed by atoms with E-state index < -0.39 is 5.97 Å². The van der Waals surface area contributed by atoms with Crippen LogP contribution >= 0.6 is 11.3 Å². The molecule has 4 aromatic rings. The van der Waals surface area contributed by atoms with Gasteiger partial charge in [-0.3, -0.25) is 4.79 Å². The van der Waals surface area contributed by atoms with Crippen LogP contribution in [0.3, 0.4) is 0 Å². The summed E-state index contributed by atoms with van der Waals surface area (Å²) in [5, 5.41) is 9.88. The van der Waals surface area contributed by atoms with Crippen LogP contribution in [0, 0.1) is 5.41 Å². The SMILES string of the molecule is CC.CC.CC(C)c1ccccc1-c1sc2cc(CC(=O)C(C)(C)C)ccc2c1Oc1ccc(/C=C/C(=O)O)cc1. The van der Waals surface area contributed by atoms with Gasteiger partial charge in [0.15, 0.2) is 5.75 Å². The Hall–Kier alpha value is -3.70. The first-order chi connectivity index (χ1) is 19.5. The van der Waals surface area contributed by atoms with Crippen molar-refractivity contribution in [2.24, 2.45) is 5.41 Å². The van der Waals surface area contributed by atoms with Gasteiger partial charge in [0.1, 0.15) is 11.5 Å². The zero-order valence-corrected chi connectivity index (χ0v) is 26.7. The number of fused-ring (bicyclic) bond motifs is 1. The van der Waals surface area contributed by atoms with Gasteiger partial charge in [-0.05, 0) is 58.5 Å². The predicted molar refractivity (Wildman–Crippen MR) is 175 cm³/mol. The largest absolute Gasteiger partial charge is 0.478 e. The fourth-order valence-corrected chi connectivity index (χ4v) is 5.34. The van der Waals surface area contributed by atoms with E-state index in [1.165, 1.54) is 5.56 Å². The highest BCUT2D eigenvalue weighted by Gasteiger charge is 2.23. The van der Waals surface area contributed by atoms with Gasteiger partial charge in [0.2, 0.25) is 0 Å². The molecular formula is C36H44O4S. The molecule has 0 aliphatic carbocycles. The average molecular weight is 573 g/mol. The van der Waals surface area contributed by atoms with Crippen molar-refractivity contribution in [3.63, 3.8) is 0 Å². The Morgan fingerprint density at radius 2 is 1.56 bits per heavy atom. The van der Waals surface area contributed by atoms with Crippen LogP contribution in [0.15, 0.2) is 72.8 Å². The second-order valence-corrected chi connectivity index (χ2v) is 11.6. The first kappa shape index (κ1) is 33.5. The maximum atomic E-state index is 12.7. The summed E-state index contributed by atoms with van der Waals surface area (Å²) in [6, 6.07) is 21.9. The van der Waals surface area contributed by atoms with Crippen LogP contribution < -0.4 is 4.74 Å². The summed E-state index contributed by atoms with van der Waals surface area (Å²) in [7, 11) is 0. The third-order valence-corrected chi connectivity index (χ3v) is 7.42. The van der Waals surface area contributed by atoms with Crippen molar-refractivity contribution in [3.8, 4) is 21.9 Å². The van der Waals surface area contributed by atoms with Crippen molar-refractivity contribution < 1.29 is 19.4 Å². The second-order valence-electron chi connectivity index (χ2n) is 10.5. The molecule has 0 atom stereocenters. The summed E-state index contributed by atoms with van der Waals surface area (Å²) >= 11 is 1.68. The molecule has 218 valence electrons. The summed E-state index contributed by atoms with van der Waals surface area (Å²) < 4.78 is 7.58. The summed E-state index contributed by atoms with van der Waals surface area (Å²) in [5.74, 6) is 1.02. The Balaban J connectivity index is 0.00000141. The topological polar surface area (TPSA) is 63.6 Å². The van der Waals surface area contributed by atoms with Crippen molar-refractivity contribution in [2.45, 2.75) is 74.7 Å². The highest BCUT2D eigenvalue weighted by atomic mass is 32.1. The average Bonchev–Trinajstić information content (AvgIpc) is 3.31. The summed E-state index contributed by atoms with van der Waals surface area (Å²) in [4.78, 5) is 24.6. The molecule has 4 nitrogen and oxygen atoms in total. The first-order valence-corrected chi connectivity index (χ1v) is 15.2. The molecule has 4 rings (SSSR count). The zero-order chi connectivity index (χ0) is 30.7. The molecule has 1 heterocycles. The Morgan fingerprint density at radius 3 is 2.15 bits per heavy atom. The molecule has 0 aliphatic rings. The van der Waals surface area contributed by atoms with Gasteiger partial charge in [-0.15, -0.1) is 11.3 Å². The maximum absolute atomic E-state index is 12.7. The molecule has 1 aromatic heterocycles. The number of carbonyl (C=O) groups is 2. The minimum absolute atomic E-state index is 0.210. The van der Waals surface area contributed by atoms with E-state index in [1.54, 1.807) is 17.4 Å². The number of hydrogen-bond donors (Lipinski definition) is 1. The molecule has 0 amide bonds. The molecule has 3 aromatic carbocycles. The Bertz CT molecular complexity index is 1470. The van der Waals surface area contributed by atoms with Crippen LogP contribution in [0.2, 0.25) is 0 Å². The normalized spacial score (nSPS) is 11.1. The summed E-state index contributed by atoms with van der Waals surface area (Å²) in [6.07, 6.45) is 3.07. The number of rotatable bonds is 8. The summed E-state index contributed by atoms with van der Waals surface area (Å²) in [6.45, 7) is 18.2. The van der Waals surface area contributed by atoms with Crippen LogP contribution in [0.1, 0.15) is 84.9 Å². The molecule has 1 N–H and O–H groups in total. The fraction of sp³-hybridized carbons (Fsp3) is 0.333. The van der Waals surface area contributed by atoms with Gasteiger partial charge in [-0.2, -0.15) is 0 Å². The molecule has 0 saturated heterocycles. The number of ether oxygens (including phenoxy) is 1. The van der Waals surface area contributed by atoms with E-state index in [9.17, 15) is 9.59 Å². The van der Waals surface area contributed by atoms with E-state index >= 15 is 0 Å². The van der Waals surface area contributed by atoms with Gasteiger partial charge in [0.05, 0.1) is 4.88 Å². The molecule has 0 fully saturated rings. The summed E-state index contributed by atoms with van der Waals surface area (Å²) in [5.41, 5.74) is 3.78. The third-order valence-electron chi connectivity index (χ3n) is 6.26. The smallest absolute Gasteiger partial charge is 0.328 e. The van der Waals surface area contributed by atoms with Crippen LogP contribution in [0.5, 0.6) is 11.5 Å². The van der Waals surface area contributed by atoms with Gasteiger partial charge >= 0.3 is 5.97 Å². The number of carboxylic acids is 1. The van der Waals surface area contributed by atoms with Gasteiger partial charge in [0, 0.05) is 28.0 Å². The molecule has 0 bridgehead atoms. The van der Waals surface area contributed by atoms with E-state index in [-0.39, 0.29) is 11.2 Å². The quantitative estimate of drug-likeness (QED) is 0.213. The lowest BCUT2D eigenvalue weighted by atomic mass is 9.87. The van der Waals surface area contributed by atoms with Crippen LogP contribution in [-0.2, 0) is 16.0 Å². The minimum Gasteiger partial charge on any atom is -0.478 e. The lowest BCUT2D eigenvalue weighted by Gasteiger charge is -2.16. The van der Waals surface area contributed by atoms with Crippen LogP contribution in [0.25, 0.3) is 26.6 Å². The fourth-order valence-electron chi connectivity index (χ4n) is 4.10. The van der Waals surface area contributed by atoms with Gasteiger partial charge in [-0.1, -0.05) is 105 Å². The van der Waals surface area contributed by atoms with Gasteiger partial charge in [0.25, 0.3) is 0 Å². The van der Waals surface area contributed by atoms with Crippen molar-refractivity contribution in [2.75, 3.05) is 0 Å². The van der Waals surface area contributed by atoms with Crippen LogP contribution in [0.4, 0.5) is 0 Å². The molecule has 0 aliphatic heterocycles. The molecule has 0 spiro atoms. The highest BCUT2D eigenvalue weighted by Crippen LogP contribution is 2.48. The van der Waals surface area contributed by atoms with E-state index in [0.29, 0.717) is 18.1 Å². The minimum atomic E-state index is -0.984. The van der Waals surface area contributed by atoms with Gasteiger partial charge in [-0.25, -0.2) is 4.79 Å². The Kier molecular flexibility index (Phi) is 12.5. The number of ketones is 1. The van der Waals surface area contributed by atoms with Crippen molar-refractivity contribution in [3.05, 3.63) is 89.5 Å². The number of Topliss-reactive ketones (excluding diaryl/α,β-unsaturated/α-hetero) is 1. The monoisotopic (exact) mass is 572 g/mol. The van der Waals surface area contributed by atoms with Gasteiger partial charge < -0.3 is 9.84 Å². The lowest BCUT2D eigenvalue weighted by Crippen LogP contribution is -2.21. The molecule has 5 heteroatoms. The van der Waals surface area contributed by atoms with Crippen LogP contribution in [-0.4, -0.2) is 16.9 Å². The zero-order valence-electron chi connectivity index (χ0n) is 25.9. The molecule has 0 unspecified atom stereocenters. The number of thiophene rings is 1. The first-order valence-electron chi connectivity index (χ1n) is 14.4. The second kappa shape index (κ2) is 15.3. The van der Waals surface area contributed by atoms with Crippen molar-refractivity contribution in [1.82, 2.24) is 0 Å². The van der Waals surface area contributed by atoms with Crippen molar-refractivity contribution >= 4 is 39.3 Å². The van der Waals surface area contributed by atoms with E-state index in [4.69, 9.17) is 9.84 Å². The number of carboxylic acid groups (broad SMARTS) is 1. The molecule has 41 heavy (non-hydrogen) atoms. The van der Waals surface area contributed by atoms with E-state index in [1.807, 2.05) is 84.9 Å². The molecule has 0 saturated carbocycles. The Morgan fingerprint density at radius 1 is 0.927 bits per heavy atom. The van der Waals surface area contributed by atoms with Crippen molar-refractivity contribution in [1.29, 1.82) is 0 Å². The maximum Gasteiger partial charge on any atom is 0.328 e. The highest BCUT2D eigenvalue weighted by molar-refractivity contribution is 7.22. The number of aliphatic carboxylic acids is 1. The molecule has 0 radical (unpaired) electrons. The molecular weight excluding hydrogens is 528 g/mol. The number of benzene rings is 3. The van der Waals surface area contributed by atoms with E-state index in [0.717, 1.165) is 43.5 Å². The standard InChI is InChI=1S/C32H32O4S.2C2H6/c1-20(2)24-8-6-7-9-25(24)31-30(36-23-14-10-21(11-15-23)13-17-29(34)35)26-16-12-22(18-27(26)37-31)19-28(33)32(3,4)5;2*1-2/h6-18,20H,19H2,1-5H3,(H,34,35);2*1-2H3/b17-13+;;.